The Balaban J connectivity index is 1.68. The highest BCUT2D eigenvalue weighted by Gasteiger charge is 2.15. The molecule has 2 aromatic carbocycles. The van der Waals surface area contributed by atoms with Gasteiger partial charge in [-0.3, -0.25) is 0 Å². The second-order valence-corrected chi connectivity index (χ2v) is 7.48. The lowest BCUT2D eigenvalue weighted by atomic mass is 10.1. The number of rotatable bonds is 6. The van der Waals surface area contributed by atoms with Crippen molar-refractivity contribution in [3.8, 4) is 22.5 Å². The van der Waals surface area contributed by atoms with Crippen molar-refractivity contribution in [2.75, 3.05) is 11.6 Å². The van der Waals surface area contributed by atoms with Gasteiger partial charge < -0.3 is 10.3 Å². The average Bonchev–Trinajstić information content (AvgIpc) is 3.20. The van der Waals surface area contributed by atoms with Gasteiger partial charge in [-0.2, -0.15) is 0 Å². The molecule has 0 radical (unpaired) electrons. The second kappa shape index (κ2) is 8.49. The molecule has 0 saturated carbocycles. The number of aromatic nitrogens is 3. The smallest absolute Gasteiger partial charge is 0.166 e. The fraction of sp³-hybridized carbons (Fsp3) is 0.130. The Hall–Kier alpha value is -3.12. The first kappa shape index (κ1) is 19.2. The Morgan fingerprint density at radius 3 is 2.48 bits per heavy atom. The monoisotopic (exact) mass is 404 g/mol. The maximum atomic E-state index is 13.4. The van der Waals surface area contributed by atoms with Gasteiger partial charge in [0.25, 0.3) is 0 Å². The first-order valence-corrected chi connectivity index (χ1v) is 10.5. The Morgan fingerprint density at radius 2 is 1.76 bits per heavy atom. The molecule has 29 heavy (non-hydrogen) atoms. The number of hydrogen-bond acceptors (Lipinski definition) is 4. The lowest BCUT2D eigenvalue weighted by Gasteiger charge is -2.15. The van der Waals surface area contributed by atoms with Crippen molar-refractivity contribution < 1.29 is 4.39 Å². The molecule has 0 aliphatic heterocycles. The standard InChI is InChI=1S/C23H21FN4S/c1-15(16-6-4-3-5-7-16)26-20-14-18(12-13-25-20)22-21(27-23(28-22)29-2)17-8-10-19(24)11-9-17/h3-15H,1-2H3,(H,25,26)(H,27,28)/t15-/m1/s1. The summed E-state index contributed by atoms with van der Waals surface area (Å²) in [5.41, 5.74) is 4.70. The van der Waals surface area contributed by atoms with Crippen LogP contribution in [-0.2, 0) is 0 Å². The molecule has 0 saturated heterocycles. The van der Waals surface area contributed by atoms with Gasteiger partial charge in [0.2, 0.25) is 0 Å². The number of aromatic amines is 1. The van der Waals surface area contributed by atoms with E-state index in [2.05, 4.69) is 39.3 Å². The first-order valence-electron chi connectivity index (χ1n) is 9.32. The highest BCUT2D eigenvalue weighted by Crippen LogP contribution is 2.33. The third kappa shape index (κ3) is 4.32. The number of nitrogens with one attached hydrogen (secondary N) is 2. The number of hydrogen-bond donors (Lipinski definition) is 2. The van der Waals surface area contributed by atoms with E-state index in [-0.39, 0.29) is 11.9 Å². The van der Waals surface area contributed by atoms with Crippen LogP contribution in [0.15, 0.2) is 78.1 Å². The number of halogens is 1. The molecule has 2 aromatic heterocycles. The Bertz CT molecular complexity index is 1090. The van der Waals surface area contributed by atoms with Crippen LogP contribution in [0.2, 0.25) is 0 Å². The topological polar surface area (TPSA) is 53.6 Å². The molecule has 4 aromatic rings. The predicted octanol–water partition coefficient (Wildman–Crippen LogP) is 6.17. The Labute approximate surface area is 173 Å². The van der Waals surface area contributed by atoms with E-state index in [1.165, 1.54) is 29.5 Å². The van der Waals surface area contributed by atoms with Crippen LogP contribution in [0.25, 0.3) is 22.5 Å². The molecule has 146 valence electrons. The van der Waals surface area contributed by atoms with Crippen LogP contribution in [0, 0.1) is 5.82 Å². The summed E-state index contributed by atoms with van der Waals surface area (Å²) >= 11 is 1.54. The number of H-pyrrole nitrogens is 1. The number of anilines is 1. The van der Waals surface area contributed by atoms with E-state index in [1.807, 2.05) is 36.6 Å². The zero-order valence-corrected chi connectivity index (χ0v) is 17.0. The number of nitrogens with zero attached hydrogens (tertiary/aromatic N) is 2. The third-order valence-electron chi connectivity index (χ3n) is 4.71. The highest BCUT2D eigenvalue weighted by atomic mass is 32.2. The van der Waals surface area contributed by atoms with Crippen molar-refractivity contribution in [2.45, 2.75) is 18.1 Å². The molecule has 4 rings (SSSR count). The molecule has 0 amide bonds. The fourth-order valence-corrected chi connectivity index (χ4v) is 3.57. The quantitative estimate of drug-likeness (QED) is 0.377. The summed E-state index contributed by atoms with van der Waals surface area (Å²) in [6.45, 7) is 2.11. The van der Waals surface area contributed by atoms with Crippen molar-refractivity contribution in [2.24, 2.45) is 0 Å². The minimum absolute atomic E-state index is 0.124. The maximum Gasteiger partial charge on any atom is 0.166 e. The SMILES string of the molecule is CSc1nc(-c2ccc(F)cc2)c(-c2ccnc(N[C@H](C)c3ccccc3)c2)[nH]1. The number of imidazole rings is 1. The predicted molar refractivity (Wildman–Crippen MR) is 117 cm³/mol. The van der Waals surface area contributed by atoms with Gasteiger partial charge in [-0.25, -0.2) is 14.4 Å². The van der Waals surface area contributed by atoms with Crippen molar-refractivity contribution in [3.05, 3.63) is 84.3 Å². The van der Waals surface area contributed by atoms with E-state index in [9.17, 15) is 4.39 Å². The van der Waals surface area contributed by atoms with E-state index in [1.54, 1.807) is 18.3 Å². The van der Waals surface area contributed by atoms with Crippen LogP contribution in [0.1, 0.15) is 18.5 Å². The van der Waals surface area contributed by atoms with Gasteiger partial charge in [-0.1, -0.05) is 42.1 Å². The van der Waals surface area contributed by atoms with Crippen LogP contribution in [0.4, 0.5) is 10.2 Å². The van der Waals surface area contributed by atoms with E-state index in [4.69, 9.17) is 0 Å². The second-order valence-electron chi connectivity index (χ2n) is 6.68. The molecule has 0 aliphatic carbocycles. The lowest BCUT2D eigenvalue weighted by molar-refractivity contribution is 0.628. The third-order valence-corrected chi connectivity index (χ3v) is 5.29. The normalized spacial score (nSPS) is 12.0. The largest absolute Gasteiger partial charge is 0.364 e. The maximum absolute atomic E-state index is 13.4. The first-order chi connectivity index (χ1) is 14.1. The molecule has 1 atom stereocenters. The van der Waals surface area contributed by atoms with Crippen LogP contribution >= 0.6 is 11.8 Å². The zero-order valence-electron chi connectivity index (χ0n) is 16.2. The highest BCUT2D eigenvalue weighted by molar-refractivity contribution is 7.98. The van der Waals surface area contributed by atoms with Gasteiger partial charge in [0.15, 0.2) is 5.16 Å². The van der Waals surface area contributed by atoms with Crippen molar-refractivity contribution in [1.29, 1.82) is 0 Å². The van der Waals surface area contributed by atoms with Gasteiger partial charge in [0.1, 0.15) is 11.6 Å². The summed E-state index contributed by atoms with van der Waals surface area (Å²) in [5, 5.41) is 4.26. The summed E-state index contributed by atoms with van der Waals surface area (Å²) in [7, 11) is 0. The van der Waals surface area contributed by atoms with E-state index < -0.39 is 0 Å². The van der Waals surface area contributed by atoms with Gasteiger partial charge in [0, 0.05) is 23.4 Å². The Kier molecular flexibility index (Phi) is 5.62. The number of pyridine rings is 1. The van der Waals surface area contributed by atoms with Crippen molar-refractivity contribution in [3.63, 3.8) is 0 Å². The van der Waals surface area contributed by atoms with E-state index in [0.29, 0.717) is 0 Å². The molecule has 2 N–H and O–H groups in total. The molecule has 6 heteroatoms. The van der Waals surface area contributed by atoms with Gasteiger partial charge in [-0.15, -0.1) is 0 Å². The van der Waals surface area contributed by atoms with Gasteiger partial charge in [-0.05, 0) is 55.1 Å². The summed E-state index contributed by atoms with van der Waals surface area (Å²) in [6.07, 6.45) is 3.75. The zero-order chi connectivity index (χ0) is 20.2. The summed E-state index contributed by atoms with van der Waals surface area (Å²) in [4.78, 5) is 12.5. The van der Waals surface area contributed by atoms with E-state index in [0.717, 1.165) is 33.5 Å². The minimum atomic E-state index is -0.263. The van der Waals surface area contributed by atoms with Gasteiger partial charge >= 0.3 is 0 Å². The summed E-state index contributed by atoms with van der Waals surface area (Å²) in [6, 6.07) is 20.7. The molecular formula is C23H21FN4S. The van der Waals surface area contributed by atoms with Crippen LogP contribution in [-0.4, -0.2) is 21.2 Å². The molecule has 0 unspecified atom stereocenters. The van der Waals surface area contributed by atoms with Gasteiger partial charge in [0.05, 0.1) is 11.4 Å². The van der Waals surface area contributed by atoms with Crippen LogP contribution in [0.3, 0.4) is 0 Å². The molecule has 2 heterocycles. The van der Waals surface area contributed by atoms with Crippen LogP contribution < -0.4 is 5.32 Å². The summed E-state index contributed by atoms with van der Waals surface area (Å²) in [5.74, 6) is 0.519. The van der Waals surface area contributed by atoms with Crippen LogP contribution in [0.5, 0.6) is 0 Å². The van der Waals surface area contributed by atoms with E-state index >= 15 is 0 Å². The minimum Gasteiger partial charge on any atom is -0.364 e. The fourth-order valence-electron chi connectivity index (χ4n) is 3.19. The molecule has 0 fully saturated rings. The molecule has 0 bridgehead atoms. The molecular weight excluding hydrogens is 383 g/mol. The molecule has 0 spiro atoms. The number of benzene rings is 2. The average molecular weight is 405 g/mol. The number of thioether (sulfide) groups is 1. The molecule has 4 nitrogen and oxygen atoms in total. The lowest BCUT2D eigenvalue weighted by Crippen LogP contribution is -2.07. The van der Waals surface area contributed by atoms with Crippen molar-refractivity contribution in [1.82, 2.24) is 15.0 Å². The Morgan fingerprint density at radius 1 is 1.00 bits per heavy atom. The summed E-state index contributed by atoms with van der Waals surface area (Å²) < 4.78 is 13.4. The molecule has 0 aliphatic rings. The van der Waals surface area contributed by atoms with Crippen molar-refractivity contribution >= 4 is 17.6 Å².